The quantitative estimate of drug-likeness (QED) is 0.282. The highest BCUT2D eigenvalue weighted by molar-refractivity contribution is 7.24. The number of rotatable bonds is 4. The molecule has 0 aromatic rings. The average Bonchev–Trinajstić information content (AvgIpc) is 2.03. The summed E-state index contributed by atoms with van der Waals surface area (Å²) in [4.78, 5) is 10.8. The van der Waals surface area contributed by atoms with Crippen LogP contribution in [0.2, 0.25) is 0 Å². The summed E-state index contributed by atoms with van der Waals surface area (Å²) in [5, 5.41) is 0.626. The van der Waals surface area contributed by atoms with Crippen LogP contribution in [0.15, 0.2) is 11.4 Å². The predicted molar refractivity (Wildman–Crippen MR) is 49.3 cm³/mol. The van der Waals surface area contributed by atoms with E-state index in [1.165, 1.54) is 7.11 Å². The molecule has 64 valence electrons. The van der Waals surface area contributed by atoms with Crippen LogP contribution in [0, 0.1) is 0 Å². The zero-order valence-electron chi connectivity index (χ0n) is 7.09. The molecule has 3 heteroatoms. The standard InChI is InChI=1S/C8H15O2P/c1-3-4-5-6-7(11)8(9)10-2/h6H,3-5,11H2,1-2H3. The zero-order valence-corrected chi connectivity index (χ0v) is 8.25. The first-order valence-corrected chi connectivity index (χ1v) is 4.34. The summed E-state index contributed by atoms with van der Waals surface area (Å²) >= 11 is 0. The smallest absolute Gasteiger partial charge is 0.337 e. The van der Waals surface area contributed by atoms with Crippen molar-refractivity contribution in [1.29, 1.82) is 0 Å². The molecular formula is C8H15O2P. The number of ether oxygens (including phenoxy) is 1. The summed E-state index contributed by atoms with van der Waals surface area (Å²) in [7, 11) is 3.76. The van der Waals surface area contributed by atoms with Gasteiger partial charge in [0.05, 0.1) is 12.4 Å². The van der Waals surface area contributed by atoms with Gasteiger partial charge >= 0.3 is 5.97 Å². The lowest BCUT2D eigenvalue weighted by Crippen LogP contribution is -1.98. The second-order valence-corrected chi connectivity index (χ2v) is 2.92. The van der Waals surface area contributed by atoms with Gasteiger partial charge in [-0.15, -0.1) is 0 Å². The first-order chi connectivity index (χ1) is 5.22. The molecule has 0 fully saturated rings. The first kappa shape index (κ1) is 10.6. The van der Waals surface area contributed by atoms with E-state index >= 15 is 0 Å². The van der Waals surface area contributed by atoms with Crippen molar-refractivity contribution in [3.05, 3.63) is 11.4 Å². The maximum Gasteiger partial charge on any atom is 0.337 e. The summed E-state index contributed by atoms with van der Waals surface area (Å²) < 4.78 is 4.51. The molecule has 0 aliphatic rings. The third-order valence-corrected chi connectivity index (χ3v) is 1.81. The molecule has 0 saturated heterocycles. The molecule has 0 aromatic heterocycles. The highest BCUT2D eigenvalue weighted by Crippen LogP contribution is 2.09. The number of carbonyl (C=O) groups is 1. The monoisotopic (exact) mass is 174 g/mol. The SMILES string of the molecule is CCCCC=C(P)C(=O)OC. The molecule has 0 aliphatic heterocycles. The summed E-state index contributed by atoms with van der Waals surface area (Å²) in [6.07, 6.45) is 5.11. The Bertz CT molecular complexity index is 152. The fourth-order valence-electron chi connectivity index (χ4n) is 0.663. The highest BCUT2D eigenvalue weighted by Gasteiger charge is 2.00. The Kier molecular flexibility index (Phi) is 6.15. The molecule has 0 N–H and O–H groups in total. The van der Waals surface area contributed by atoms with E-state index in [0.29, 0.717) is 5.31 Å². The summed E-state index contributed by atoms with van der Waals surface area (Å²) in [6.45, 7) is 2.12. The van der Waals surface area contributed by atoms with E-state index in [1.807, 2.05) is 6.08 Å². The number of unbranched alkanes of at least 4 members (excludes halogenated alkanes) is 2. The number of carbonyl (C=O) groups excluding carboxylic acids is 1. The second-order valence-electron chi connectivity index (χ2n) is 2.29. The van der Waals surface area contributed by atoms with Crippen LogP contribution in [0.5, 0.6) is 0 Å². The van der Waals surface area contributed by atoms with Crippen molar-refractivity contribution in [2.45, 2.75) is 26.2 Å². The lowest BCUT2D eigenvalue weighted by molar-refractivity contribution is -0.135. The minimum atomic E-state index is -0.258. The Morgan fingerprint density at radius 2 is 2.27 bits per heavy atom. The maximum absolute atomic E-state index is 10.8. The van der Waals surface area contributed by atoms with E-state index in [-0.39, 0.29) is 5.97 Å². The van der Waals surface area contributed by atoms with Crippen LogP contribution >= 0.6 is 9.24 Å². The van der Waals surface area contributed by atoms with Gasteiger partial charge in [-0.2, -0.15) is 0 Å². The van der Waals surface area contributed by atoms with Crippen molar-refractivity contribution >= 4 is 15.2 Å². The first-order valence-electron chi connectivity index (χ1n) is 3.76. The molecule has 0 heterocycles. The van der Waals surface area contributed by atoms with Gasteiger partial charge in [0.1, 0.15) is 0 Å². The van der Waals surface area contributed by atoms with E-state index < -0.39 is 0 Å². The van der Waals surface area contributed by atoms with Crippen molar-refractivity contribution in [1.82, 2.24) is 0 Å². The maximum atomic E-state index is 10.8. The highest BCUT2D eigenvalue weighted by atomic mass is 31.0. The molecule has 0 rings (SSSR count). The Morgan fingerprint density at radius 3 is 2.73 bits per heavy atom. The number of allylic oxidation sites excluding steroid dienone is 1. The minimum Gasteiger partial charge on any atom is -0.465 e. The molecule has 0 aromatic carbocycles. The van der Waals surface area contributed by atoms with Gasteiger partial charge < -0.3 is 4.74 Å². The molecule has 2 nitrogen and oxygen atoms in total. The van der Waals surface area contributed by atoms with Crippen LogP contribution in [0.4, 0.5) is 0 Å². The van der Waals surface area contributed by atoms with Gasteiger partial charge in [0, 0.05) is 0 Å². The van der Waals surface area contributed by atoms with E-state index in [0.717, 1.165) is 19.3 Å². The molecule has 0 spiro atoms. The van der Waals surface area contributed by atoms with Gasteiger partial charge in [0.25, 0.3) is 0 Å². The molecular weight excluding hydrogens is 159 g/mol. The van der Waals surface area contributed by atoms with Crippen LogP contribution in [-0.2, 0) is 9.53 Å². The van der Waals surface area contributed by atoms with Crippen molar-refractivity contribution in [2.75, 3.05) is 7.11 Å². The van der Waals surface area contributed by atoms with Gasteiger partial charge in [-0.25, -0.2) is 4.79 Å². The Hall–Kier alpha value is -0.360. The number of hydrogen-bond donors (Lipinski definition) is 0. The van der Waals surface area contributed by atoms with E-state index in [4.69, 9.17) is 0 Å². The van der Waals surface area contributed by atoms with Gasteiger partial charge in [-0.1, -0.05) is 35.1 Å². The summed E-state index contributed by atoms with van der Waals surface area (Å²) in [5.74, 6) is -0.258. The van der Waals surface area contributed by atoms with Crippen molar-refractivity contribution < 1.29 is 9.53 Å². The number of methoxy groups -OCH3 is 1. The normalized spacial score (nSPS) is 11.4. The van der Waals surface area contributed by atoms with E-state index in [9.17, 15) is 4.79 Å². The molecule has 11 heavy (non-hydrogen) atoms. The van der Waals surface area contributed by atoms with E-state index in [1.54, 1.807) is 0 Å². The third kappa shape index (κ3) is 4.97. The molecule has 0 radical (unpaired) electrons. The molecule has 1 unspecified atom stereocenters. The predicted octanol–water partition coefficient (Wildman–Crippen LogP) is 2.11. The third-order valence-electron chi connectivity index (χ3n) is 1.34. The van der Waals surface area contributed by atoms with Crippen LogP contribution in [0.25, 0.3) is 0 Å². The van der Waals surface area contributed by atoms with Gasteiger partial charge in [-0.3, -0.25) is 0 Å². The van der Waals surface area contributed by atoms with Crippen molar-refractivity contribution in [3.63, 3.8) is 0 Å². The van der Waals surface area contributed by atoms with Crippen LogP contribution in [0.3, 0.4) is 0 Å². The fourth-order valence-corrected chi connectivity index (χ4v) is 0.947. The van der Waals surface area contributed by atoms with Crippen LogP contribution < -0.4 is 0 Å². The Labute approximate surface area is 70.2 Å². The van der Waals surface area contributed by atoms with Crippen LogP contribution in [-0.4, -0.2) is 13.1 Å². The fraction of sp³-hybridized carbons (Fsp3) is 0.625. The van der Waals surface area contributed by atoms with Crippen molar-refractivity contribution in [2.24, 2.45) is 0 Å². The Balaban J connectivity index is 3.71. The van der Waals surface area contributed by atoms with Crippen molar-refractivity contribution in [3.8, 4) is 0 Å². The minimum absolute atomic E-state index is 0.258. The molecule has 0 amide bonds. The van der Waals surface area contributed by atoms with Gasteiger partial charge in [0.15, 0.2) is 0 Å². The Morgan fingerprint density at radius 1 is 1.64 bits per heavy atom. The largest absolute Gasteiger partial charge is 0.465 e. The van der Waals surface area contributed by atoms with Gasteiger partial charge in [-0.05, 0) is 6.42 Å². The number of hydrogen-bond acceptors (Lipinski definition) is 2. The lowest BCUT2D eigenvalue weighted by atomic mass is 10.2. The second kappa shape index (κ2) is 6.36. The molecule has 0 aliphatic carbocycles. The van der Waals surface area contributed by atoms with E-state index in [2.05, 4.69) is 20.9 Å². The average molecular weight is 174 g/mol. The molecule has 0 saturated carbocycles. The molecule has 1 atom stereocenters. The summed E-state index contributed by atoms with van der Waals surface area (Å²) in [5.41, 5.74) is 0. The number of esters is 1. The van der Waals surface area contributed by atoms with Gasteiger partial charge in [0.2, 0.25) is 0 Å². The lowest BCUT2D eigenvalue weighted by Gasteiger charge is -1.97. The topological polar surface area (TPSA) is 26.3 Å². The molecule has 0 bridgehead atoms. The zero-order chi connectivity index (χ0) is 8.69. The van der Waals surface area contributed by atoms with Crippen LogP contribution in [0.1, 0.15) is 26.2 Å². The summed E-state index contributed by atoms with van der Waals surface area (Å²) in [6, 6.07) is 0.